The SMILES string of the molecule is C[C@@H](CC(=O)O)CC(=O)c1c(CCCCCCc2cccc(Cl)c2)n(CCO)c2ncc(C#N)cc12. The standard InChI is InChI=1S/C28H32ClN3O4/c1-19(14-26(35)36)13-25(34)27-23-16-21(17-30)18-31-28(23)32(11-12-33)24(27)10-5-3-2-4-7-20-8-6-9-22(29)15-20/h6,8-9,15-16,18-19,33H,2-5,7,10-14H2,1H3,(H,35,36)/t19-/m1/s1. The fraction of sp³-hybridized carbons (Fsp3) is 0.429. The van der Waals surface area contributed by atoms with Crippen LogP contribution in [-0.2, 0) is 24.2 Å². The summed E-state index contributed by atoms with van der Waals surface area (Å²) in [4.78, 5) is 29.0. The number of aliphatic hydroxyl groups is 1. The summed E-state index contributed by atoms with van der Waals surface area (Å²) in [6.07, 6.45) is 6.94. The summed E-state index contributed by atoms with van der Waals surface area (Å²) in [5, 5.41) is 29.5. The fourth-order valence-corrected chi connectivity index (χ4v) is 4.92. The van der Waals surface area contributed by atoms with E-state index in [2.05, 4.69) is 17.1 Å². The van der Waals surface area contributed by atoms with Gasteiger partial charge in [-0.05, 0) is 55.4 Å². The molecule has 2 N–H and O–H groups in total. The number of unbranched alkanes of at least 4 members (excludes halogenated alkanes) is 3. The number of nitriles is 1. The van der Waals surface area contributed by atoms with Crippen molar-refractivity contribution in [3.05, 3.63) is 63.9 Å². The van der Waals surface area contributed by atoms with Crippen molar-refractivity contribution in [1.82, 2.24) is 9.55 Å². The molecule has 190 valence electrons. The number of halogens is 1. The van der Waals surface area contributed by atoms with Gasteiger partial charge < -0.3 is 14.8 Å². The van der Waals surface area contributed by atoms with Crippen LogP contribution in [0.3, 0.4) is 0 Å². The zero-order valence-electron chi connectivity index (χ0n) is 20.5. The molecule has 2 aromatic heterocycles. The maximum absolute atomic E-state index is 13.4. The number of nitrogens with zero attached hydrogens (tertiary/aromatic N) is 3. The lowest BCUT2D eigenvalue weighted by molar-refractivity contribution is -0.137. The molecule has 3 aromatic rings. The van der Waals surface area contributed by atoms with Crippen LogP contribution in [0.15, 0.2) is 36.5 Å². The number of fused-ring (bicyclic) bond motifs is 1. The van der Waals surface area contributed by atoms with Crippen LogP contribution in [0.5, 0.6) is 0 Å². The Hall–Kier alpha value is -3.21. The van der Waals surface area contributed by atoms with Gasteiger partial charge in [0.15, 0.2) is 5.78 Å². The number of carboxylic acids is 1. The van der Waals surface area contributed by atoms with Crippen molar-refractivity contribution >= 4 is 34.4 Å². The van der Waals surface area contributed by atoms with Crippen LogP contribution in [0.2, 0.25) is 5.02 Å². The van der Waals surface area contributed by atoms with Gasteiger partial charge in [0, 0.05) is 47.2 Å². The van der Waals surface area contributed by atoms with Crippen LogP contribution in [0.1, 0.15) is 72.6 Å². The first-order valence-electron chi connectivity index (χ1n) is 12.4. The van der Waals surface area contributed by atoms with Crippen molar-refractivity contribution < 1.29 is 19.8 Å². The lowest BCUT2D eigenvalue weighted by atomic mass is 9.94. The van der Waals surface area contributed by atoms with E-state index in [1.807, 2.05) is 22.8 Å². The topological polar surface area (TPSA) is 116 Å². The second-order valence-electron chi connectivity index (χ2n) is 9.28. The summed E-state index contributed by atoms with van der Waals surface area (Å²) in [5.41, 5.74) is 3.42. The Labute approximate surface area is 216 Å². The second kappa shape index (κ2) is 13.2. The van der Waals surface area contributed by atoms with E-state index >= 15 is 0 Å². The molecule has 0 amide bonds. The molecule has 36 heavy (non-hydrogen) atoms. The minimum absolute atomic E-state index is 0.0912. The highest BCUT2D eigenvalue weighted by molar-refractivity contribution is 6.30. The number of benzene rings is 1. The van der Waals surface area contributed by atoms with Gasteiger partial charge in [-0.3, -0.25) is 9.59 Å². The third-order valence-electron chi connectivity index (χ3n) is 6.31. The molecule has 0 radical (unpaired) electrons. The molecule has 0 saturated carbocycles. The number of rotatable bonds is 14. The monoisotopic (exact) mass is 509 g/mol. The van der Waals surface area contributed by atoms with Crippen LogP contribution in [0.4, 0.5) is 0 Å². The van der Waals surface area contributed by atoms with E-state index in [9.17, 15) is 20.0 Å². The molecule has 0 unspecified atom stereocenters. The smallest absolute Gasteiger partial charge is 0.303 e. The van der Waals surface area contributed by atoms with Crippen molar-refractivity contribution in [2.75, 3.05) is 6.61 Å². The van der Waals surface area contributed by atoms with Crippen molar-refractivity contribution in [1.29, 1.82) is 5.26 Å². The van der Waals surface area contributed by atoms with Gasteiger partial charge >= 0.3 is 5.97 Å². The van der Waals surface area contributed by atoms with Gasteiger partial charge in [0.05, 0.1) is 12.2 Å². The molecule has 0 aliphatic rings. The first kappa shape index (κ1) is 27.4. The van der Waals surface area contributed by atoms with Crippen LogP contribution in [0, 0.1) is 17.2 Å². The third kappa shape index (κ3) is 7.16. The van der Waals surface area contributed by atoms with Gasteiger partial charge in [0.25, 0.3) is 0 Å². The van der Waals surface area contributed by atoms with Crippen LogP contribution in [0.25, 0.3) is 11.0 Å². The van der Waals surface area contributed by atoms with E-state index in [0.717, 1.165) is 42.8 Å². The van der Waals surface area contributed by atoms with E-state index in [-0.39, 0.29) is 37.7 Å². The Morgan fingerprint density at radius 1 is 1.14 bits per heavy atom. The number of ketones is 1. The van der Waals surface area contributed by atoms with Crippen molar-refractivity contribution in [3.63, 3.8) is 0 Å². The number of aromatic nitrogens is 2. The van der Waals surface area contributed by atoms with Gasteiger partial charge in [-0.1, -0.05) is 43.5 Å². The summed E-state index contributed by atoms with van der Waals surface area (Å²) in [5.74, 6) is -1.42. The average Bonchev–Trinajstić information content (AvgIpc) is 3.13. The largest absolute Gasteiger partial charge is 0.481 e. The molecule has 2 heterocycles. The molecule has 3 rings (SSSR count). The minimum Gasteiger partial charge on any atom is -0.481 e. The Morgan fingerprint density at radius 3 is 2.56 bits per heavy atom. The van der Waals surface area contributed by atoms with E-state index < -0.39 is 5.97 Å². The third-order valence-corrected chi connectivity index (χ3v) is 6.55. The fourth-order valence-electron chi connectivity index (χ4n) is 4.70. The summed E-state index contributed by atoms with van der Waals surface area (Å²) in [6, 6.07) is 11.6. The first-order chi connectivity index (χ1) is 17.3. The zero-order valence-corrected chi connectivity index (χ0v) is 21.3. The quantitative estimate of drug-likeness (QED) is 0.216. The van der Waals surface area contributed by atoms with Gasteiger partial charge in [-0.25, -0.2) is 4.98 Å². The summed E-state index contributed by atoms with van der Waals surface area (Å²) < 4.78 is 1.87. The molecule has 1 aromatic carbocycles. The summed E-state index contributed by atoms with van der Waals surface area (Å²) >= 11 is 6.07. The average molecular weight is 510 g/mol. The van der Waals surface area contributed by atoms with Crippen molar-refractivity contribution in [3.8, 4) is 6.07 Å². The van der Waals surface area contributed by atoms with E-state index in [4.69, 9.17) is 16.7 Å². The minimum atomic E-state index is -0.940. The number of pyridine rings is 1. The second-order valence-corrected chi connectivity index (χ2v) is 9.71. The van der Waals surface area contributed by atoms with Gasteiger partial charge in [-0.15, -0.1) is 0 Å². The molecule has 7 nitrogen and oxygen atoms in total. The van der Waals surface area contributed by atoms with Gasteiger partial charge in [-0.2, -0.15) is 5.26 Å². The summed E-state index contributed by atoms with van der Waals surface area (Å²) in [7, 11) is 0. The molecular weight excluding hydrogens is 478 g/mol. The van der Waals surface area contributed by atoms with E-state index in [0.29, 0.717) is 28.6 Å². The normalized spacial score (nSPS) is 11.9. The number of hydrogen-bond acceptors (Lipinski definition) is 5. The Kier molecular flexibility index (Phi) is 10.0. The first-order valence-corrected chi connectivity index (χ1v) is 12.7. The Morgan fingerprint density at radius 2 is 1.89 bits per heavy atom. The molecule has 0 spiro atoms. The molecular formula is C28H32ClN3O4. The lowest BCUT2D eigenvalue weighted by Gasteiger charge is -2.12. The number of Topliss-reactive ketones (excluding diaryl/α,β-unsaturated/α-hetero) is 1. The molecule has 0 saturated heterocycles. The maximum atomic E-state index is 13.4. The molecule has 0 fully saturated rings. The summed E-state index contributed by atoms with van der Waals surface area (Å²) in [6.45, 7) is 1.93. The number of aryl methyl sites for hydroxylation is 1. The van der Waals surface area contributed by atoms with Crippen LogP contribution >= 0.6 is 11.6 Å². The number of carbonyl (C=O) groups excluding carboxylic acids is 1. The maximum Gasteiger partial charge on any atom is 0.303 e. The number of carbonyl (C=O) groups is 2. The number of aliphatic carboxylic acids is 1. The van der Waals surface area contributed by atoms with Crippen molar-refractivity contribution in [2.45, 2.75) is 64.8 Å². The van der Waals surface area contributed by atoms with E-state index in [1.165, 1.54) is 11.8 Å². The van der Waals surface area contributed by atoms with Crippen LogP contribution < -0.4 is 0 Å². The Bertz CT molecular complexity index is 1260. The highest BCUT2D eigenvalue weighted by Gasteiger charge is 2.25. The van der Waals surface area contributed by atoms with Crippen LogP contribution in [-0.4, -0.2) is 38.1 Å². The van der Waals surface area contributed by atoms with Crippen molar-refractivity contribution in [2.24, 2.45) is 5.92 Å². The molecule has 8 heteroatoms. The molecule has 1 atom stereocenters. The lowest BCUT2D eigenvalue weighted by Crippen LogP contribution is -2.13. The highest BCUT2D eigenvalue weighted by Crippen LogP contribution is 2.30. The predicted octanol–water partition coefficient (Wildman–Crippen LogP) is 5.58. The number of carboxylic acid groups (broad SMARTS) is 1. The number of hydrogen-bond donors (Lipinski definition) is 2. The molecule has 0 aliphatic heterocycles. The zero-order chi connectivity index (χ0) is 26.1. The highest BCUT2D eigenvalue weighted by atomic mass is 35.5. The Balaban J connectivity index is 1.79. The van der Waals surface area contributed by atoms with E-state index in [1.54, 1.807) is 13.0 Å². The number of aliphatic hydroxyl groups excluding tert-OH is 1. The van der Waals surface area contributed by atoms with Gasteiger partial charge in [0.2, 0.25) is 0 Å². The predicted molar refractivity (Wildman–Crippen MR) is 139 cm³/mol. The molecule has 0 bridgehead atoms. The molecule has 0 aliphatic carbocycles. The van der Waals surface area contributed by atoms with Gasteiger partial charge in [0.1, 0.15) is 11.7 Å².